The second-order valence-corrected chi connectivity index (χ2v) is 6.16. The minimum atomic E-state index is -0.0800. The second kappa shape index (κ2) is 7.09. The highest BCUT2D eigenvalue weighted by Crippen LogP contribution is 2.28. The lowest BCUT2D eigenvalue weighted by atomic mass is 9.92. The van der Waals surface area contributed by atoms with Gasteiger partial charge in [-0.25, -0.2) is 9.97 Å². The Morgan fingerprint density at radius 1 is 1.42 bits per heavy atom. The zero-order chi connectivity index (χ0) is 17.1. The maximum atomic E-state index is 12.7. The zero-order valence-electron chi connectivity index (χ0n) is 14.1. The van der Waals surface area contributed by atoms with E-state index in [-0.39, 0.29) is 18.4 Å². The standard InChI is InChI=1S/C17H23N5O2/c1-3-22-10-14(8-19-22)17(24)21-6-4-5-13(9-21)16-15(11-23)7-18-12(2)20-16/h7-8,10,13,23H,3-6,9,11H2,1-2H3. The maximum Gasteiger partial charge on any atom is 0.257 e. The van der Waals surface area contributed by atoms with E-state index in [2.05, 4.69) is 15.1 Å². The molecule has 0 aromatic carbocycles. The van der Waals surface area contributed by atoms with Crippen LogP contribution in [0.2, 0.25) is 0 Å². The molecule has 1 amide bonds. The summed E-state index contributed by atoms with van der Waals surface area (Å²) in [6.45, 7) is 5.85. The van der Waals surface area contributed by atoms with Gasteiger partial charge < -0.3 is 10.0 Å². The summed E-state index contributed by atoms with van der Waals surface area (Å²) in [5, 5.41) is 13.7. The first-order valence-electron chi connectivity index (χ1n) is 8.37. The van der Waals surface area contributed by atoms with Gasteiger partial charge in [-0.2, -0.15) is 5.10 Å². The summed E-state index contributed by atoms with van der Waals surface area (Å²) in [6.07, 6.45) is 6.99. The molecular formula is C17H23N5O2. The summed E-state index contributed by atoms with van der Waals surface area (Å²) in [5.41, 5.74) is 2.24. The van der Waals surface area contributed by atoms with Gasteiger partial charge in [0.05, 0.1) is 24.1 Å². The summed E-state index contributed by atoms with van der Waals surface area (Å²) in [7, 11) is 0. The van der Waals surface area contributed by atoms with Crippen LogP contribution in [0.15, 0.2) is 18.6 Å². The Hall–Kier alpha value is -2.28. The highest BCUT2D eigenvalue weighted by molar-refractivity contribution is 5.93. The smallest absolute Gasteiger partial charge is 0.257 e. The molecule has 1 unspecified atom stereocenters. The molecule has 1 aliphatic heterocycles. The summed E-state index contributed by atoms with van der Waals surface area (Å²) < 4.78 is 1.76. The van der Waals surface area contributed by atoms with Crippen molar-refractivity contribution in [2.24, 2.45) is 0 Å². The Balaban J connectivity index is 1.79. The van der Waals surface area contributed by atoms with Gasteiger partial charge in [-0.3, -0.25) is 9.48 Å². The summed E-state index contributed by atoms with van der Waals surface area (Å²) in [5.74, 6) is 0.832. The van der Waals surface area contributed by atoms with Crippen molar-refractivity contribution in [1.29, 1.82) is 0 Å². The molecule has 1 aliphatic rings. The quantitative estimate of drug-likeness (QED) is 0.919. The predicted octanol–water partition coefficient (Wildman–Crippen LogP) is 1.51. The predicted molar refractivity (Wildman–Crippen MR) is 88.5 cm³/mol. The summed E-state index contributed by atoms with van der Waals surface area (Å²) >= 11 is 0. The number of rotatable bonds is 4. The third-order valence-electron chi connectivity index (χ3n) is 4.49. The van der Waals surface area contributed by atoms with E-state index in [1.54, 1.807) is 23.3 Å². The lowest BCUT2D eigenvalue weighted by Crippen LogP contribution is -2.39. The van der Waals surface area contributed by atoms with Crippen molar-refractivity contribution in [2.75, 3.05) is 13.1 Å². The number of piperidine rings is 1. The van der Waals surface area contributed by atoms with Crippen LogP contribution in [0.25, 0.3) is 0 Å². The number of hydrogen-bond donors (Lipinski definition) is 1. The Bertz CT molecular complexity index is 728. The maximum absolute atomic E-state index is 12.7. The number of aryl methyl sites for hydroxylation is 2. The van der Waals surface area contributed by atoms with Crippen molar-refractivity contribution in [2.45, 2.75) is 45.8 Å². The van der Waals surface area contributed by atoms with E-state index >= 15 is 0 Å². The van der Waals surface area contributed by atoms with E-state index in [1.807, 2.05) is 18.7 Å². The van der Waals surface area contributed by atoms with Gasteiger partial charge in [-0.05, 0) is 26.7 Å². The van der Waals surface area contributed by atoms with E-state index < -0.39 is 0 Å². The molecule has 0 spiro atoms. The van der Waals surface area contributed by atoms with Gasteiger partial charge in [0, 0.05) is 43.5 Å². The van der Waals surface area contributed by atoms with Crippen LogP contribution in [0.4, 0.5) is 0 Å². The number of amides is 1. The number of aliphatic hydroxyl groups is 1. The van der Waals surface area contributed by atoms with E-state index in [4.69, 9.17) is 0 Å². The Morgan fingerprint density at radius 2 is 2.25 bits per heavy atom. The van der Waals surface area contributed by atoms with Crippen LogP contribution >= 0.6 is 0 Å². The topological polar surface area (TPSA) is 84.1 Å². The van der Waals surface area contributed by atoms with E-state index in [0.29, 0.717) is 17.9 Å². The highest BCUT2D eigenvalue weighted by atomic mass is 16.3. The number of nitrogens with zero attached hydrogens (tertiary/aromatic N) is 5. The molecule has 1 saturated heterocycles. The largest absolute Gasteiger partial charge is 0.392 e. The number of carbonyl (C=O) groups is 1. The van der Waals surface area contributed by atoms with Crippen LogP contribution in [-0.2, 0) is 13.2 Å². The van der Waals surface area contributed by atoms with Crippen molar-refractivity contribution < 1.29 is 9.90 Å². The first-order chi connectivity index (χ1) is 11.6. The average molecular weight is 329 g/mol. The van der Waals surface area contributed by atoms with E-state index in [1.165, 1.54) is 0 Å². The van der Waals surface area contributed by atoms with Crippen LogP contribution in [0.5, 0.6) is 0 Å². The molecule has 1 fully saturated rings. The van der Waals surface area contributed by atoms with Crippen molar-refractivity contribution in [3.05, 3.63) is 41.2 Å². The van der Waals surface area contributed by atoms with Gasteiger partial charge in [0.15, 0.2) is 0 Å². The van der Waals surface area contributed by atoms with Gasteiger partial charge >= 0.3 is 0 Å². The van der Waals surface area contributed by atoms with E-state index in [0.717, 1.165) is 37.2 Å². The zero-order valence-corrected chi connectivity index (χ0v) is 14.1. The minimum absolute atomic E-state index is 0.00993. The molecule has 1 N–H and O–H groups in total. The normalized spacial score (nSPS) is 18.0. The number of carbonyl (C=O) groups excluding carboxylic acids is 1. The van der Waals surface area contributed by atoms with Gasteiger partial charge in [0.1, 0.15) is 5.82 Å². The fraction of sp³-hybridized carbons (Fsp3) is 0.529. The van der Waals surface area contributed by atoms with Gasteiger partial charge in [-0.1, -0.05) is 0 Å². The Morgan fingerprint density at radius 3 is 2.96 bits per heavy atom. The van der Waals surface area contributed by atoms with Crippen LogP contribution in [-0.4, -0.2) is 48.8 Å². The molecule has 24 heavy (non-hydrogen) atoms. The molecule has 128 valence electrons. The van der Waals surface area contributed by atoms with Gasteiger partial charge in [-0.15, -0.1) is 0 Å². The molecule has 2 aromatic rings. The molecule has 0 radical (unpaired) electrons. The molecular weight excluding hydrogens is 306 g/mol. The highest BCUT2D eigenvalue weighted by Gasteiger charge is 2.28. The fourth-order valence-electron chi connectivity index (χ4n) is 3.20. The van der Waals surface area contributed by atoms with Crippen LogP contribution in [0, 0.1) is 6.92 Å². The number of hydrogen-bond acceptors (Lipinski definition) is 5. The van der Waals surface area contributed by atoms with E-state index in [9.17, 15) is 9.90 Å². The molecule has 0 bridgehead atoms. The lowest BCUT2D eigenvalue weighted by molar-refractivity contribution is 0.0705. The molecule has 7 nitrogen and oxygen atoms in total. The van der Waals surface area contributed by atoms with Crippen LogP contribution < -0.4 is 0 Å². The molecule has 3 rings (SSSR count). The molecule has 0 aliphatic carbocycles. The van der Waals surface area contributed by atoms with Crippen LogP contribution in [0.3, 0.4) is 0 Å². The van der Waals surface area contributed by atoms with Crippen LogP contribution in [0.1, 0.15) is 53.1 Å². The van der Waals surface area contributed by atoms with Crippen molar-refractivity contribution >= 4 is 5.91 Å². The van der Waals surface area contributed by atoms with Crippen molar-refractivity contribution in [3.63, 3.8) is 0 Å². The molecule has 0 saturated carbocycles. The monoisotopic (exact) mass is 329 g/mol. The van der Waals surface area contributed by atoms with Crippen molar-refractivity contribution in [3.8, 4) is 0 Å². The second-order valence-electron chi connectivity index (χ2n) is 6.16. The molecule has 7 heteroatoms. The summed E-state index contributed by atoms with van der Waals surface area (Å²) in [6, 6.07) is 0. The Kier molecular flexibility index (Phi) is 4.89. The SMILES string of the molecule is CCn1cc(C(=O)N2CCCC(c3nc(C)ncc3CO)C2)cn1. The molecule has 2 aromatic heterocycles. The minimum Gasteiger partial charge on any atom is -0.392 e. The average Bonchev–Trinajstić information content (AvgIpc) is 3.10. The number of likely N-dealkylation sites (tertiary alicyclic amines) is 1. The first kappa shape index (κ1) is 16.6. The Labute approximate surface area is 141 Å². The van der Waals surface area contributed by atoms with Crippen molar-refractivity contribution in [1.82, 2.24) is 24.6 Å². The summed E-state index contributed by atoms with van der Waals surface area (Å²) in [4.78, 5) is 23.3. The third kappa shape index (κ3) is 3.31. The number of aromatic nitrogens is 4. The molecule has 1 atom stereocenters. The molecule has 3 heterocycles. The fourth-order valence-corrected chi connectivity index (χ4v) is 3.20. The lowest BCUT2D eigenvalue weighted by Gasteiger charge is -2.33. The third-order valence-corrected chi connectivity index (χ3v) is 4.49. The first-order valence-corrected chi connectivity index (χ1v) is 8.37. The van der Waals surface area contributed by atoms with Gasteiger partial charge in [0.2, 0.25) is 0 Å². The van der Waals surface area contributed by atoms with Gasteiger partial charge in [0.25, 0.3) is 5.91 Å². The number of aliphatic hydroxyl groups excluding tert-OH is 1.